The molecule has 1 aromatic carbocycles. The van der Waals surface area contributed by atoms with Crippen LogP contribution in [0.15, 0.2) is 36.7 Å². The van der Waals surface area contributed by atoms with Crippen LogP contribution in [0.4, 0.5) is 0 Å². The maximum absolute atomic E-state index is 12.3. The third-order valence-electron chi connectivity index (χ3n) is 5.55. The van der Waals surface area contributed by atoms with Crippen LogP contribution in [0.3, 0.4) is 0 Å². The molecule has 1 aliphatic carbocycles. The van der Waals surface area contributed by atoms with Gasteiger partial charge in [-0.25, -0.2) is 4.68 Å². The molecule has 25 heavy (non-hydrogen) atoms. The van der Waals surface area contributed by atoms with E-state index in [9.17, 15) is 4.79 Å². The summed E-state index contributed by atoms with van der Waals surface area (Å²) in [6, 6.07) is 10.8. The van der Waals surface area contributed by atoms with Gasteiger partial charge in [0.25, 0.3) is 0 Å². The van der Waals surface area contributed by atoms with Gasteiger partial charge in [0.15, 0.2) is 0 Å². The van der Waals surface area contributed by atoms with E-state index in [1.54, 1.807) is 0 Å². The van der Waals surface area contributed by atoms with Crippen LogP contribution in [0.5, 0.6) is 0 Å². The highest BCUT2D eigenvalue weighted by atomic mass is 16.2. The summed E-state index contributed by atoms with van der Waals surface area (Å²) in [5.41, 5.74) is 1.83. The lowest BCUT2D eigenvalue weighted by molar-refractivity contribution is -0.133. The van der Waals surface area contributed by atoms with Crippen LogP contribution in [0.25, 0.3) is 0 Å². The highest BCUT2D eigenvalue weighted by Crippen LogP contribution is 2.59. The molecule has 0 N–H and O–H groups in total. The molecule has 2 atom stereocenters. The topological polar surface area (TPSA) is 67.2 Å². The van der Waals surface area contributed by atoms with Gasteiger partial charge in [0.05, 0.1) is 0 Å². The number of benzene rings is 1. The number of piperazine rings is 1. The average Bonchev–Trinajstić information content (AvgIpc) is 3.04. The van der Waals surface area contributed by atoms with Crippen LogP contribution in [0.2, 0.25) is 0 Å². The Bertz CT molecular complexity index is 710. The molecule has 2 aromatic rings. The first kappa shape index (κ1) is 16.2. The van der Waals surface area contributed by atoms with E-state index in [0.717, 1.165) is 32.7 Å². The zero-order valence-corrected chi connectivity index (χ0v) is 14.6. The Morgan fingerprint density at radius 1 is 1.20 bits per heavy atom. The molecule has 0 spiro atoms. The lowest BCUT2D eigenvalue weighted by Gasteiger charge is -2.36. The zero-order chi connectivity index (χ0) is 17.3. The van der Waals surface area contributed by atoms with Crippen molar-refractivity contribution in [3.05, 3.63) is 42.2 Å². The van der Waals surface area contributed by atoms with Gasteiger partial charge in [0, 0.05) is 32.7 Å². The quantitative estimate of drug-likeness (QED) is 0.813. The zero-order valence-electron chi connectivity index (χ0n) is 14.6. The molecule has 0 unspecified atom stereocenters. The minimum atomic E-state index is 0.0896. The summed E-state index contributed by atoms with van der Waals surface area (Å²) in [7, 11) is 0. The minimum Gasteiger partial charge on any atom is -0.339 e. The fourth-order valence-electron chi connectivity index (χ4n) is 3.95. The number of tetrazole rings is 1. The summed E-state index contributed by atoms with van der Waals surface area (Å²) >= 11 is 0. The molecule has 2 fully saturated rings. The summed E-state index contributed by atoms with van der Waals surface area (Å²) in [6.07, 6.45) is 2.74. The maximum Gasteiger partial charge on any atom is 0.244 e. The van der Waals surface area contributed by atoms with Crippen molar-refractivity contribution in [3.63, 3.8) is 0 Å². The second-order valence-electron chi connectivity index (χ2n) is 7.49. The van der Waals surface area contributed by atoms with Crippen LogP contribution in [0, 0.1) is 5.41 Å². The molecule has 1 aromatic heterocycles. The van der Waals surface area contributed by atoms with Crippen molar-refractivity contribution in [2.75, 3.05) is 32.7 Å². The van der Waals surface area contributed by atoms with E-state index in [0.29, 0.717) is 11.3 Å². The van der Waals surface area contributed by atoms with Gasteiger partial charge in [-0.05, 0) is 33.7 Å². The molecule has 1 saturated carbocycles. The Kier molecular flexibility index (Phi) is 4.25. The van der Waals surface area contributed by atoms with E-state index < -0.39 is 0 Å². The van der Waals surface area contributed by atoms with Crippen molar-refractivity contribution in [1.82, 2.24) is 30.0 Å². The lowest BCUT2D eigenvalue weighted by atomic mass is 10.00. The predicted octanol–water partition coefficient (Wildman–Crippen LogP) is 1.01. The largest absolute Gasteiger partial charge is 0.339 e. The van der Waals surface area contributed by atoms with Crippen LogP contribution in [-0.2, 0) is 11.3 Å². The normalized spacial score (nSPS) is 26.6. The van der Waals surface area contributed by atoms with E-state index in [2.05, 4.69) is 57.7 Å². The van der Waals surface area contributed by atoms with Gasteiger partial charge >= 0.3 is 0 Å². The van der Waals surface area contributed by atoms with Gasteiger partial charge < -0.3 is 4.90 Å². The summed E-state index contributed by atoms with van der Waals surface area (Å²) in [5, 5.41) is 10.9. The Morgan fingerprint density at radius 2 is 1.96 bits per heavy atom. The SMILES string of the molecule is C[C@@]1(CN2CCN(C(=O)Cn3cnnn3)CC2)C[C@H]1c1ccccc1. The van der Waals surface area contributed by atoms with Crippen molar-refractivity contribution in [2.24, 2.45) is 5.41 Å². The number of rotatable bonds is 5. The smallest absolute Gasteiger partial charge is 0.244 e. The molecular formula is C18H24N6O. The van der Waals surface area contributed by atoms with Crippen molar-refractivity contribution < 1.29 is 4.79 Å². The first-order valence-electron chi connectivity index (χ1n) is 8.90. The van der Waals surface area contributed by atoms with Crippen LogP contribution in [-0.4, -0.2) is 68.6 Å². The molecular weight excluding hydrogens is 316 g/mol. The Morgan fingerprint density at radius 3 is 2.64 bits per heavy atom. The Balaban J connectivity index is 1.26. The van der Waals surface area contributed by atoms with Gasteiger partial charge in [-0.3, -0.25) is 9.69 Å². The summed E-state index contributed by atoms with van der Waals surface area (Å²) in [4.78, 5) is 16.7. The van der Waals surface area contributed by atoms with Crippen molar-refractivity contribution in [3.8, 4) is 0 Å². The summed E-state index contributed by atoms with van der Waals surface area (Å²) < 4.78 is 1.48. The highest BCUT2D eigenvalue weighted by Gasteiger charge is 2.51. The summed E-state index contributed by atoms with van der Waals surface area (Å²) in [5.74, 6) is 0.764. The fourth-order valence-corrected chi connectivity index (χ4v) is 3.95. The number of hydrogen-bond donors (Lipinski definition) is 0. The molecule has 7 nitrogen and oxygen atoms in total. The number of carbonyl (C=O) groups is 1. The van der Waals surface area contributed by atoms with Gasteiger partial charge in [-0.1, -0.05) is 37.3 Å². The molecule has 4 rings (SSSR count). The predicted molar refractivity (Wildman–Crippen MR) is 92.7 cm³/mol. The van der Waals surface area contributed by atoms with Crippen LogP contribution < -0.4 is 0 Å². The van der Waals surface area contributed by atoms with Crippen LogP contribution >= 0.6 is 0 Å². The Labute approximate surface area is 147 Å². The third-order valence-corrected chi connectivity index (χ3v) is 5.55. The van der Waals surface area contributed by atoms with E-state index >= 15 is 0 Å². The van der Waals surface area contributed by atoms with Gasteiger partial charge in [0.2, 0.25) is 5.91 Å². The highest BCUT2D eigenvalue weighted by molar-refractivity contribution is 5.75. The number of hydrogen-bond acceptors (Lipinski definition) is 5. The first-order chi connectivity index (χ1) is 12.1. The number of aromatic nitrogens is 4. The fraction of sp³-hybridized carbons (Fsp3) is 0.556. The van der Waals surface area contributed by atoms with Gasteiger partial charge in [-0.15, -0.1) is 5.10 Å². The molecule has 0 radical (unpaired) electrons. The molecule has 2 aliphatic rings. The molecule has 7 heteroatoms. The van der Waals surface area contributed by atoms with Crippen LogP contribution in [0.1, 0.15) is 24.8 Å². The third kappa shape index (κ3) is 3.56. The minimum absolute atomic E-state index is 0.0896. The molecule has 1 aliphatic heterocycles. The molecule has 132 valence electrons. The molecule has 2 heterocycles. The van der Waals surface area contributed by atoms with Gasteiger partial charge in [0.1, 0.15) is 12.9 Å². The number of amides is 1. The molecule has 0 bridgehead atoms. The van der Waals surface area contributed by atoms with E-state index in [4.69, 9.17) is 0 Å². The maximum atomic E-state index is 12.3. The van der Waals surface area contributed by atoms with E-state index in [-0.39, 0.29) is 12.5 Å². The number of carbonyl (C=O) groups excluding carboxylic acids is 1. The standard InChI is InChI=1S/C18H24N6O/c1-18(11-16(18)15-5-3-2-4-6-15)13-22-7-9-23(10-8-22)17(25)12-24-14-19-20-21-24/h2-6,14,16H,7-13H2,1H3/t16-,18-/m0/s1. The van der Waals surface area contributed by atoms with E-state index in [1.807, 2.05) is 4.90 Å². The van der Waals surface area contributed by atoms with Gasteiger partial charge in [-0.2, -0.15) is 0 Å². The lowest BCUT2D eigenvalue weighted by Crippen LogP contribution is -2.50. The van der Waals surface area contributed by atoms with Crippen molar-refractivity contribution in [2.45, 2.75) is 25.8 Å². The Hall–Kier alpha value is -2.28. The molecule has 1 saturated heterocycles. The van der Waals surface area contributed by atoms with Crippen molar-refractivity contribution >= 4 is 5.91 Å². The van der Waals surface area contributed by atoms with E-state index in [1.165, 1.54) is 23.0 Å². The average molecular weight is 340 g/mol. The van der Waals surface area contributed by atoms with Crippen molar-refractivity contribution in [1.29, 1.82) is 0 Å². The molecule has 1 amide bonds. The monoisotopic (exact) mass is 340 g/mol. The summed E-state index contributed by atoms with van der Waals surface area (Å²) in [6.45, 7) is 7.18. The first-order valence-corrected chi connectivity index (χ1v) is 8.90. The second-order valence-corrected chi connectivity index (χ2v) is 7.49. The second kappa shape index (κ2) is 6.55. The number of nitrogens with zero attached hydrogens (tertiary/aromatic N) is 6.